The van der Waals surface area contributed by atoms with Crippen molar-refractivity contribution in [2.24, 2.45) is 5.73 Å². The molecule has 0 aliphatic rings. The zero-order chi connectivity index (χ0) is 20.9. The van der Waals surface area contributed by atoms with Crippen molar-refractivity contribution >= 4 is 5.84 Å². The summed E-state index contributed by atoms with van der Waals surface area (Å²) in [5, 5.41) is 11.7. The van der Waals surface area contributed by atoms with Crippen molar-refractivity contribution < 1.29 is 4.52 Å². The number of hydrogen-bond donors (Lipinski definition) is 2. The molecule has 0 aliphatic heterocycles. The summed E-state index contributed by atoms with van der Waals surface area (Å²) in [6, 6.07) is 8.35. The Hall–Kier alpha value is -2.17. The molecule has 1 aromatic heterocycles. The van der Waals surface area contributed by atoms with E-state index in [-0.39, 0.29) is 11.8 Å². The van der Waals surface area contributed by atoms with E-state index < -0.39 is 0 Å². The van der Waals surface area contributed by atoms with E-state index in [1.54, 1.807) is 0 Å². The van der Waals surface area contributed by atoms with Crippen LogP contribution in [0, 0.1) is 5.41 Å². The first-order valence-corrected chi connectivity index (χ1v) is 11.4. The number of nitrogens with one attached hydrogen (secondary N) is 1. The highest BCUT2D eigenvalue weighted by atomic mass is 16.5. The maximum atomic E-state index is 7.67. The Morgan fingerprint density at radius 1 is 1.00 bits per heavy atom. The van der Waals surface area contributed by atoms with Gasteiger partial charge in [-0.1, -0.05) is 88.9 Å². The summed E-state index contributed by atoms with van der Waals surface area (Å²) in [5.41, 5.74) is 7.88. The van der Waals surface area contributed by atoms with Crippen LogP contribution < -0.4 is 5.73 Å². The zero-order valence-corrected chi connectivity index (χ0v) is 18.3. The molecular weight excluding hydrogens is 360 g/mol. The molecule has 0 fully saturated rings. The predicted molar refractivity (Wildman–Crippen MR) is 120 cm³/mol. The third kappa shape index (κ3) is 8.00. The fourth-order valence-electron chi connectivity index (χ4n) is 3.71. The van der Waals surface area contributed by atoms with Crippen LogP contribution in [-0.2, 0) is 6.42 Å². The van der Waals surface area contributed by atoms with Gasteiger partial charge in [-0.25, -0.2) is 0 Å². The fourth-order valence-corrected chi connectivity index (χ4v) is 3.71. The summed E-state index contributed by atoms with van der Waals surface area (Å²) >= 11 is 0. The first-order valence-electron chi connectivity index (χ1n) is 11.4. The standard InChI is InChI=1S/C24H38N4O/c1-3-5-6-7-8-9-10-11-12-13-15-19-16-14-17-20(18-19)24-27-23(28-29-24)21(4-2)22(25)26/h14,16-18,21H,3-13,15H2,1-2H3,(H3,25,26). The summed E-state index contributed by atoms with van der Waals surface area (Å²) in [7, 11) is 0. The van der Waals surface area contributed by atoms with Crippen LogP contribution in [0.15, 0.2) is 28.8 Å². The lowest BCUT2D eigenvalue weighted by Crippen LogP contribution is -2.20. The Morgan fingerprint density at radius 3 is 2.28 bits per heavy atom. The van der Waals surface area contributed by atoms with Gasteiger partial charge in [0.05, 0.1) is 5.92 Å². The molecule has 0 bridgehead atoms. The molecule has 1 aromatic carbocycles. The molecule has 1 unspecified atom stereocenters. The van der Waals surface area contributed by atoms with E-state index in [9.17, 15) is 0 Å². The van der Waals surface area contributed by atoms with E-state index in [4.69, 9.17) is 15.7 Å². The molecule has 1 atom stereocenters. The minimum absolute atomic E-state index is 0.0783. The second kappa shape index (κ2) is 13.1. The maximum absolute atomic E-state index is 7.67. The van der Waals surface area contributed by atoms with E-state index in [2.05, 4.69) is 29.2 Å². The molecule has 0 aliphatic carbocycles. The second-order valence-electron chi connectivity index (χ2n) is 8.01. The number of amidine groups is 1. The Balaban J connectivity index is 1.74. The molecule has 0 spiro atoms. The van der Waals surface area contributed by atoms with E-state index in [1.165, 1.54) is 69.8 Å². The lowest BCUT2D eigenvalue weighted by atomic mass is 10.0. The van der Waals surface area contributed by atoms with Gasteiger partial charge in [0.15, 0.2) is 5.82 Å². The highest BCUT2D eigenvalue weighted by Gasteiger charge is 2.20. The lowest BCUT2D eigenvalue weighted by molar-refractivity contribution is 0.420. The number of unbranched alkanes of at least 4 members (excludes halogenated alkanes) is 9. The van der Waals surface area contributed by atoms with Gasteiger partial charge in [0, 0.05) is 5.56 Å². The number of hydrogen-bond acceptors (Lipinski definition) is 4. The molecule has 0 radical (unpaired) electrons. The van der Waals surface area contributed by atoms with Gasteiger partial charge < -0.3 is 10.3 Å². The highest BCUT2D eigenvalue weighted by molar-refractivity contribution is 5.83. The molecule has 2 rings (SSSR count). The first kappa shape index (κ1) is 23.1. The molecule has 0 saturated carbocycles. The van der Waals surface area contributed by atoms with Crippen LogP contribution in [-0.4, -0.2) is 16.0 Å². The molecule has 160 valence electrons. The van der Waals surface area contributed by atoms with Crippen molar-refractivity contribution in [3.05, 3.63) is 35.7 Å². The third-order valence-corrected chi connectivity index (χ3v) is 5.53. The number of aryl methyl sites for hydroxylation is 1. The number of nitrogens with two attached hydrogens (primary N) is 1. The van der Waals surface area contributed by atoms with Crippen molar-refractivity contribution in [2.45, 2.75) is 96.8 Å². The van der Waals surface area contributed by atoms with Gasteiger partial charge in [-0.2, -0.15) is 4.98 Å². The smallest absolute Gasteiger partial charge is 0.257 e. The van der Waals surface area contributed by atoms with Crippen LogP contribution >= 0.6 is 0 Å². The molecule has 0 saturated heterocycles. The highest BCUT2D eigenvalue weighted by Crippen LogP contribution is 2.23. The van der Waals surface area contributed by atoms with Gasteiger partial charge in [-0.05, 0) is 37.0 Å². The Bertz CT molecular complexity index is 725. The summed E-state index contributed by atoms with van der Waals surface area (Å²) in [5.74, 6) is 0.802. The van der Waals surface area contributed by atoms with Crippen molar-refractivity contribution in [2.75, 3.05) is 0 Å². The normalized spacial score (nSPS) is 12.2. The van der Waals surface area contributed by atoms with Crippen LogP contribution in [0.4, 0.5) is 0 Å². The number of benzene rings is 1. The maximum Gasteiger partial charge on any atom is 0.257 e. The third-order valence-electron chi connectivity index (χ3n) is 5.53. The van der Waals surface area contributed by atoms with Crippen molar-refractivity contribution in [1.29, 1.82) is 5.41 Å². The molecule has 29 heavy (non-hydrogen) atoms. The van der Waals surface area contributed by atoms with Gasteiger partial charge in [-0.3, -0.25) is 5.41 Å². The Morgan fingerprint density at radius 2 is 1.66 bits per heavy atom. The van der Waals surface area contributed by atoms with E-state index in [0.717, 1.165) is 12.0 Å². The number of aromatic nitrogens is 2. The largest absolute Gasteiger partial charge is 0.387 e. The quantitative estimate of drug-likeness (QED) is 0.200. The molecule has 3 N–H and O–H groups in total. The summed E-state index contributed by atoms with van der Waals surface area (Å²) in [4.78, 5) is 4.47. The second-order valence-corrected chi connectivity index (χ2v) is 8.01. The zero-order valence-electron chi connectivity index (χ0n) is 18.3. The summed E-state index contributed by atoms with van der Waals surface area (Å²) in [6.45, 7) is 4.24. The topological polar surface area (TPSA) is 88.8 Å². The average molecular weight is 399 g/mol. The van der Waals surface area contributed by atoms with Crippen LogP contribution in [0.2, 0.25) is 0 Å². The molecule has 2 aromatic rings. The van der Waals surface area contributed by atoms with Crippen molar-refractivity contribution in [3.8, 4) is 11.5 Å². The van der Waals surface area contributed by atoms with Crippen LogP contribution in [0.5, 0.6) is 0 Å². The van der Waals surface area contributed by atoms with Crippen molar-refractivity contribution in [1.82, 2.24) is 10.1 Å². The SMILES string of the molecule is CCCCCCCCCCCCc1cccc(-c2nc(C(CC)C(=N)N)no2)c1. The molecule has 0 amide bonds. The molecule has 1 heterocycles. The van der Waals surface area contributed by atoms with Gasteiger partial charge >= 0.3 is 0 Å². The predicted octanol–water partition coefficient (Wildman–Crippen LogP) is 6.63. The van der Waals surface area contributed by atoms with Gasteiger partial charge in [0.25, 0.3) is 5.89 Å². The lowest BCUT2D eigenvalue weighted by Gasteiger charge is -2.06. The van der Waals surface area contributed by atoms with E-state index in [0.29, 0.717) is 18.1 Å². The number of rotatable bonds is 15. The average Bonchev–Trinajstić information content (AvgIpc) is 3.20. The van der Waals surface area contributed by atoms with Crippen LogP contribution in [0.3, 0.4) is 0 Å². The minimum atomic E-state index is -0.276. The molecule has 5 nitrogen and oxygen atoms in total. The van der Waals surface area contributed by atoms with E-state index >= 15 is 0 Å². The van der Waals surface area contributed by atoms with Gasteiger partial charge in [-0.15, -0.1) is 0 Å². The van der Waals surface area contributed by atoms with Gasteiger partial charge in [0.1, 0.15) is 5.84 Å². The summed E-state index contributed by atoms with van der Waals surface area (Å²) in [6.07, 6.45) is 15.3. The van der Waals surface area contributed by atoms with Crippen LogP contribution in [0.25, 0.3) is 11.5 Å². The van der Waals surface area contributed by atoms with Gasteiger partial charge in [0.2, 0.25) is 0 Å². The van der Waals surface area contributed by atoms with Crippen LogP contribution in [0.1, 0.15) is 102 Å². The minimum Gasteiger partial charge on any atom is -0.387 e. The fraction of sp³-hybridized carbons (Fsp3) is 0.625. The van der Waals surface area contributed by atoms with E-state index in [1.807, 2.05) is 19.1 Å². The van der Waals surface area contributed by atoms with Crippen molar-refractivity contribution in [3.63, 3.8) is 0 Å². The first-order chi connectivity index (χ1) is 14.2. The molecular formula is C24H38N4O. The Kier molecular flexibility index (Phi) is 10.5. The monoisotopic (exact) mass is 398 g/mol. The summed E-state index contributed by atoms with van der Waals surface area (Å²) < 4.78 is 5.43. The molecule has 5 heteroatoms. The Labute approximate surface area is 176 Å². The number of nitrogens with zero attached hydrogens (tertiary/aromatic N) is 2.